The monoisotopic (exact) mass is 256 g/mol. The minimum atomic E-state index is -0.581. The summed E-state index contributed by atoms with van der Waals surface area (Å²) in [6, 6.07) is 6.87. The molecule has 1 rings (SSSR count). The Hall–Kier alpha value is -1.26. The number of nitrogens with one attached hydrogen (secondary N) is 1. The highest BCUT2D eigenvalue weighted by atomic mass is 35.5. The molecule has 1 amide bonds. The summed E-state index contributed by atoms with van der Waals surface area (Å²) in [7, 11) is 0. The van der Waals surface area contributed by atoms with Gasteiger partial charge >= 0.3 is 0 Å². The van der Waals surface area contributed by atoms with Gasteiger partial charge in [0.15, 0.2) is 6.10 Å². The molecule has 1 aromatic rings. The van der Waals surface area contributed by atoms with E-state index < -0.39 is 6.10 Å². The van der Waals surface area contributed by atoms with Crippen molar-refractivity contribution in [1.82, 2.24) is 5.32 Å². The van der Waals surface area contributed by atoms with Crippen molar-refractivity contribution < 1.29 is 9.53 Å². The third-order valence-corrected chi connectivity index (χ3v) is 2.46. The summed E-state index contributed by atoms with van der Waals surface area (Å²) in [5, 5.41) is 3.32. The van der Waals surface area contributed by atoms with Crippen LogP contribution in [0, 0.1) is 0 Å². The second-order valence-corrected chi connectivity index (χ2v) is 4.30. The molecule has 17 heavy (non-hydrogen) atoms. The Morgan fingerprint density at radius 1 is 1.53 bits per heavy atom. The van der Waals surface area contributed by atoms with Gasteiger partial charge in [0.2, 0.25) is 0 Å². The van der Waals surface area contributed by atoms with Crippen molar-refractivity contribution in [3.8, 4) is 5.75 Å². The number of hydrogen-bond acceptors (Lipinski definition) is 3. The van der Waals surface area contributed by atoms with Crippen LogP contribution in [0.5, 0.6) is 5.75 Å². The predicted octanol–water partition coefficient (Wildman–Crippen LogP) is 1.57. The van der Waals surface area contributed by atoms with Crippen LogP contribution in [-0.4, -0.2) is 24.6 Å². The van der Waals surface area contributed by atoms with E-state index in [4.69, 9.17) is 22.1 Å². The van der Waals surface area contributed by atoms with E-state index in [0.29, 0.717) is 17.3 Å². The van der Waals surface area contributed by atoms with Gasteiger partial charge in [0.25, 0.3) is 5.91 Å². The number of ether oxygens (including phenoxy) is 1. The number of benzene rings is 1. The first-order valence-corrected chi connectivity index (χ1v) is 5.83. The first-order chi connectivity index (χ1) is 8.02. The number of hydrogen-bond donors (Lipinski definition) is 2. The maximum absolute atomic E-state index is 11.7. The highest BCUT2D eigenvalue weighted by Crippen LogP contribution is 2.18. The van der Waals surface area contributed by atoms with E-state index in [2.05, 4.69) is 5.32 Å². The van der Waals surface area contributed by atoms with Crippen LogP contribution in [0.25, 0.3) is 0 Å². The first-order valence-electron chi connectivity index (χ1n) is 5.45. The summed E-state index contributed by atoms with van der Waals surface area (Å²) < 4.78 is 5.47. The van der Waals surface area contributed by atoms with Crippen LogP contribution in [-0.2, 0) is 4.79 Å². The van der Waals surface area contributed by atoms with Crippen molar-refractivity contribution in [3.63, 3.8) is 0 Å². The van der Waals surface area contributed by atoms with Crippen LogP contribution >= 0.6 is 11.6 Å². The normalized spacial score (nSPS) is 13.9. The van der Waals surface area contributed by atoms with E-state index in [-0.39, 0.29) is 11.9 Å². The first kappa shape index (κ1) is 13.8. The summed E-state index contributed by atoms with van der Waals surface area (Å²) in [5.74, 6) is 0.378. The molecule has 0 aliphatic heterocycles. The average Bonchev–Trinajstić information content (AvgIpc) is 2.28. The third kappa shape index (κ3) is 4.63. The fourth-order valence-electron chi connectivity index (χ4n) is 1.22. The number of amides is 1. The van der Waals surface area contributed by atoms with Crippen LogP contribution < -0.4 is 15.8 Å². The zero-order valence-electron chi connectivity index (χ0n) is 9.94. The second-order valence-electron chi connectivity index (χ2n) is 3.86. The highest BCUT2D eigenvalue weighted by molar-refractivity contribution is 6.30. The van der Waals surface area contributed by atoms with Crippen LogP contribution in [0.2, 0.25) is 5.02 Å². The lowest BCUT2D eigenvalue weighted by Gasteiger charge is -2.17. The Kier molecular flexibility index (Phi) is 5.25. The molecule has 0 radical (unpaired) electrons. The van der Waals surface area contributed by atoms with Gasteiger partial charge < -0.3 is 15.8 Å². The van der Waals surface area contributed by atoms with Gasteiger partial charge in [-0.15, -0.1) is 0 Å². The molecule has 0 bridgehead atoms. The van der Waals surface area contributed by atoms with E-state index in [1.165, 1.54) is 0 Å². The fourth-order valence-corrected chi connectivity index (χ4v) is 1.40. The molecule has 4 nitrogen and oxygen atoms in total. The minimum absolute atomic E-state index is 0.0621. The lowest BCUT2D eigenvalue weighted by Crippen LogP contribution is -2.44. The number of halogens is 1. The molecule has 5 heteroatoms. The van der Waals surface area contributed by atoms with Crippen LogP contribution in [0.4, 0.5) is 0 Å². The zero-order valence-corrected chi connectivity index (χ0v) is 10.7. The summed E-state index contributed by atoms with van der Waals surface area (Å²) in [6.07, 6.45) is -0.581. The Morgan fingerprint density at radius 2 is 2.24 bits per heavy atom. The van der Waals surface area contributed by atoms with E-state index >= 15 is 0 Å². The summed E-state index contributed by atoms with van der Waals surface area (Å²) in [6.45, 7) is 3.92. The highest BCUT2D eigenvalue weighted by Gasteiger charge is 2.16. The molecule has 0 heterocycles. The number of carbonyl (C=O) groups is 1. The van der Waals surface area contributed by atoms with Crippen LogP contribution in [0.3, 0.4) is 0 Å². The van der Waals surface area contributed by atoms with E-state index in [9.17, 15) is 4.79 Å². The lowest BCUT2D eigenvalue weighted by atomic mass is 10.3. The molecule has 1 aromatic carbocycles. The number of nitrogens with two attached hydrogens (primary N) is 1. The Labute approximate surface area is 106 Å². The average molecular weight is 257 g/mol. The van der Waals surface area contributed by atoms with Crippen molar-refractivity contribution in [2.45, 2.75) is 26.0 Å². The molecule has 0 fully saturated rings. The number of rotatable bonds is 5. The maximum atomic E-state index is 11.7. The quantitative estimate of drug-likeness (QED) is 0.841. The Balaban J connectivity index is 2.54. The minimum Gasteiger partial charge on any atom is -0.481 e. The lowest BCUT2D eigenvalue weighted by molar-refractivity contribution is -0.127. The maximum Gasteiger partial charge on any atom is 0.261 e. The van der Waals surface area contributed by atoms with E-state index in [1.54, 1.807) is 31.2 Å². The largest absolute Gasteiger partial charge is 0.481 e. The molecule has 2 unspecified atom stereocenters. The molecular weight excluding hydrogens is 240 g/mol. The van der Waals surface area contributed by atoms with Gasteiger partial charge in [0, 0.05) is 17.6 Å². The van der Waals surface area contributed by atoms with E-state index in [1.807, 2.05) is 6.92 Å². The zero-order chi connectivity index (χ0) is 12.8. The molecular formula is C12H17ClN2O2. The second kappa shape index (κ2) is 6.47. The third-order valence-electron chi connectivity index (χ3n) is 2.22. The van der Waals surface area contributed by atoms with Gasteiger partial charge in [-0.3, -0.25) is 4.79 Å². The standard InChI is InChI=1S/C12H17ClN2O2/c1-8(7-14)15-12(16)9(2)17-11-5-3-4-10(13)6-11/h3-6,8-9H,7,14H2,1-2H3,(H,15,16). The van der Waals surface area contributed by atoms with Crippen molar-refractivity contribution in [3.05, 3.63) is 29.3 Å². The van der Waals surface area contributed by atoms with Crippen molar-refractivity contribution in [1.29, 1.82) is 0 Å². The molecule has 2 atom stereocenters. The summed E-state index contributed by atoms with van der Waals surface area (Å²) in [5.41, 5.74) is 5.42. The van der Waals surface area contributed by atoms with Crippen molar-refractivity contribution >= 4 is 17.5 Å². The summed E-state index contributed by atoms with van der Waals surface area (Å²) in [4.78, 5) is 11.7. The topological polar surface area (TPSA) is 64.3 Å². The molecule has 0 aromatic heterocycles. The molecule has 3 N–H and O–H groups in total. The number of carbonyl (C=O) groups excluding carboxylic acids is 1. The smallest absolute Gasteiger partial charge is 0.261 e. The molecule has 0 aliphatic carbocycles. The molecule has 0 aliphatic rings. The van der Waals surface area contributed by atoms with Crippen LogP contribution in [0.1, 0.15) is 13.8 Å². The van der Waals surface area contributed by atoms with Gasteiger partial charge in [-0.1, -0.05) is 17.7 Å². The van der Waals surface area contributed by atoms with E-state index in [0.717, 1.165) is 0 Å². The van der Waals surface area contributed by atoms with Crippen molar-refractivity contribution in [2.24, 2.45) is 5.73 Å². The van der Waals surface area contributed by atoms with Gasteiger partial charge in [-0.05, 0) is 32.0 Å². The van der Waals surface area contributed by atoms with Gasteiger partial charge in [0.05, 0.1) is 0 Å². The fraction of sp³-hybridized carbons (Fsp3) is 0.417. The Bertz CT molecular complexity index is 385. The van der Waals surface area contributed by atoms with Crippen molar-refractivity contribution in [2.75, 3.05) is 6.54 Å². The SMILES string of the molecule is CC(CN)NC(=O)C(C)Oc1cccc(Cl)c1. The Morgan fingerprint density at radius 3 is 2.82 bits per heavy atom. The van der Waals surface area contributed by atoms with Gasteiger partial charge in [0.1, 0.15) is 5.75 Å². The predicted molar refractivity (Wildman–Crippen MR) is 68.2 cm³/mol. The van der Waals surface area contributed by atoms with Crippen LogP contribution in [0.15, 0.2) is 24.3 Å². The molecule has 0 spiro atoms. The molecule has 0 saturated carbocycles. The molecule has 94 valence electrons. The summed E-state index contributed by atoms with van der Waals surface area (Å²) >= 11 is 5.82. The molecule has 0 saturated heterocycles. The van der Waals surface area contributed by atoms with Gasteiger partial charge in [-0.25, -0.2) is 0 Å². The van der Waals surface area contributed by atoms with Gasteiger partial charge in [-0.2, -0.15) is 0 Å².